The SMILES string of the molecule is CO[C@H](CNC(=O)C1(c2ccc(F)cc2)CC1)c1cccc(F)c1. The molecule has 5 heteroatoms. The molecule has 126 valence electrons. The molecule has 0 bridgehead atoms. The number of ether oxygens (including phenoxy) is 1. The van der Waals surface area contributed by atoms with Gasteiger partial charge in [-0.05, 0) is 48.2 Å². The van der Waals surface area contributed by atoms with E-state index in [9.17, 15) is 13.6 Å². The van der Waals surface area contributed by atoms with Crippen LogP contribution in [0.2, 0.25) is 0 Å². The summed E-state index contributed by atoms with van der Waals surface area (Å²) in [5.74, 6) is -0.765. The summed E-state index contributed by atoms with van der Waals surface area (Å²) in [4.78, 5) is 12.6. The number of halogens is 2. The van der Waals surface area contributed by atoms with E-state index in [0.29, 0.717) is 5.56 Å². The van der Waals surface area contributed by atoms with Gasteiger partial charge in [-0.1, -0.05) is 24.3 Å². The molecule has 2 aromatic rings. The lowest BCUT2D eigenvalue weighted by atomic mass is 9.95. The van der Waals surface area contributed by atoms with Crippen LogP contribution in [0.3, 0.4) is 0 Å². The van der Waals surface area contributed by atoms with Crippen molar-refractivity contribution in [2.75, 3.05) is 13.7 Å². The van der Waals surface area contributed by atoms with Gasteiger partial charge in [-0.15, -0.1) is 0 Å². The third-order valence-electron chi connectivity index (χ3n) is 4.53. The van der Waals surface area contributed by atoms with E-state index in [0.717, 1.165) is 18.4 Å². The van der Waals surface area contributed by atoms with E-state index in [1.807, 2.05) is 0 Å². The molecule has 1 fully saturated rings. The number of hydrogen-bond acceptors (Lipinski definition) is 2. The smallest absolute Gasteiger partial charge is 0.230 e. The number of benzene rings is 2. The third kappa shape index (κ3) is 3.31. The van der Waals surface area contributed by atoms with E-state index in [1.165, 1.54) is 31.4 Å². The summed E-state index contributed by atoms with van der Waals surface area (Å²) < 4.78 is 31.8. The van der Waals surface area contributed by atoms with Gasteiger partial charge in [0.1, 0.15) is 11.6 Å². The van der Waals surface area contributed by atoms with Crippen LogP contribution in [0, 0.1) is 11.6 Å². The maximum Gasteiger partial charge on any atom is 0.230 e. The third-order valence-corrected chi connectivity index (χ3v) is 4.53. The monoisotopic (exact) mass is 331 g/mol. The summed E-state index contributed by atoms with van der Waals surface area (Å²) >= 11 is 0. The fourth-order valence-electron chi connectivity index (χ4n) is 2.94. The molecule has 24 heavy (non-hydrogen) atoms. The number of methoxy groups -OCH3 is 1. The lowest BCUT2D eigenvalue weighted by Gasteiger charge is -2.20. The lowest BCUT2D eigenvalue weighted by Crippen LogP contribution is -2.37. The summed E-state index contributed by atoms with van der Waals surface area (Å²) in [6.45, 7) is 0.252. The van der Waals surface area contributed by atoms with Gasteiger partial charge in [0.05, 0.1) is 11.5 Å². The van der Waals surface area contributed by atoms with Gasteiger partial charge in [-0.25, -0.2) is 8.78 Å². The van der Waals surface area contributed by atoms with Gasteiger partial charge in [0.2, 0.25) is 5.91 Å². The second kappa shape index (κ2) is 6.69. The van der Waals surface area contributed by atoms with Crippen LogP contribution in [-0.2, 0) is 14.9 Å². The predicted octanol–water partition coefficient (Wildman–Crippen LogP) is 3.50. The van der Waals surface area contributed by atoms with E-state index >= 15 is 0 Å². The van der Waals surface area contributed by atoms with Crippen molar-refractivity contribution in [2.24, 2.45) is 0 Å². The Morgan fingerprint density at radius 1 is 1.17 bits per heavy atom. The number of carbonyl (C=O) groups excluding carboxylic acids is 1. The first-order valence-corrected chi connectivity index (χ1v) is 7.88. The van der Waals surface area contributed by atoms with Crippen LogP contribution in [0.25, 0.3) is 0 Å². The van der Waals surface area contributed by atoms with Crippen LogP contribution in [0.1, 0.15) is 30.1 Å². The number of rotatable bonds is 6. The standard InChI is InChI=1S/C19H19F2NO2/c1-24-17(13-3-2-4-16(21)11-13)12-22-18(23)19(9-10-19)14-5-7-15(20)8-6-14/h2-8,11,17H,9-10,12H2,1H3,(H,22,23)/t17-/m1/s1. The largest absolute Gasteiger partial charge is 0.375 e. The maximum absolute atomic E-state index is 13.3. The molecule has 1 N–H and O–H groups in total. The minimum atomic E-state index is -0.575. The van der Waals surface area contributed by atoms with Gasteiger partial charge < -0.3 is 10.1 Å². The van der Waals surface area contributed by atoms with Crippen LogP contribution in [0.15, 0.2) is 48.5 Å². The van der Waals surface area contributed by atoms with Crippen molar-refractivity contribution in [3.8, 4) is 0 Å². The molecule has 0 spiro atoms. The van der Waals surface area contributed by atoms with Crippen molar-refractivity contribution in [1.29, 1.82) is 0 Å². The van der Waals surface area contributed by atoms with Crippen molar-refractivity contribution >= 4 is 5.91 Å². The van der Waals surface area contributed by atoms with Crippen molar-refractivity contribution in [1.82, 2.24) is 5.32 Å². The Kier molecular flexibility index (Phi) is 4.62. The summed E-state index contributed by atoms with van der Waals surface area (Å²) in [5, 5.41) is 2.89. The summed E-state index contributed by atoms with van der Waals surface area (Å²) in [7, 11) is 1.52. The van der Waals surface area contributed by atoms with Gasteiger partial charge in [0.25, 0.3) is 0 Å². The molecular formula is C19H19F2NO2. The molecule has 0 saturated heterocycles. The molecule has 0 radical (unpaired) electrons. The quantitative estimate of drug-likeness (QED) is 0.880. The average molecular weight is 331 g/mol. The molecule has 0 unspecified atom stereocenters. The predicted molar refractivity (Wildman–Crippen MR) is 86.5 cm³/mol. The first kappa shape index (κ1) is 16.6. The molecular weight excluding hydrogens is 312 g/mol. The van der Waals surface area contributed by atoms with Crippen LogP contribution >= 0.6 is 0 Å². The molecule has 2 aromatic carbocycles. The first-order valence-electron chi connectivity index (χ1n) is 7.88. The molecule has 3 rings (SSSR count). The van der Waals surface area contributed by atoms with Crippen molar-refractivity contribution in [3.05, 3.63) is 71.3 Å². The number of hydrogen-bond donors (Lipinski definition) is 1. The average Bonchev–Trinajstić information content (AvgIpc) is 3.38. The van der Waals surface area contributed by atoms with Crippen molar-refractivity contribution in [2.45, 2.75) is 24.4 Å². The number of nitrogens with one attached hydrogen (secondary N) is 1. The van der Waals surface area contributed by atoms with Crippen LogP contribution in [0.4, 0.5) is 8.78 Å². The van der Waals surface area contributed by atoms with Crippen LogP contribution in [0.5, 0.6) is 0 Å². The van der Waals surface area contributed by atoms with E-state index in [4.69, 9.17) is 4.74 Å². The fourth-order valence-corrected chi connectivity index (χ4v) is 2.94. The zero-order valence-corrected chi connectivity index (χ0v) is 13.4. The van der Waals surface area contributed by atoms with E-state index in [1.54, 1.807) is 24.3 Å². The van der Waals surface area contributed by atoms with Crippen molar-refractivity contribution < 1.29 is 18.3 Å². The molecule has 0 aliphatic heterocycles. The van der Waals surface area contributed by atoms with E-state index in [-0.39, 0.29) is 24.1 Å². The van der Waals surface area contributed by atoms with Crippen LogP contribution in [-0.4, -0.2) is 19.6 Å². The molecule has 1 saturated carbocycles. The minimum absolute atomic E-state index is 0.104. The highest BCUT2D eigenvalue weighted by Gasteiger charge is 2.51. The second-order valence-corrected chi connectivity index (χ2v) is 6.08. The zero-order valence-electron chi connectivity index (χ0n) is 13.4. The highest BCUT2D eigenvalue weighted by molar-refractivity contribution is 5.91. The first-order chi connectivity index (χ1) is 11.5. The highest BCUT2D eigenvalue weighted by Crippen LogP contribution is 2.48. The summed E-state index contributed by atoms with van der Waals surface area (Å²) in [6, 6.07) is 12.2. The highest BCUT2D eigenvalue weighted by atomic mass is 19.1. The number of carbonyl (C=O) groups is 1. The van der Waals surface area contributed by atoms with Gasteiger partial charge in [-0.3, -0.25) is 4.79 Å². The van der Waals surface area contributed by atoms with Crippen LogP contribution < -0.4 is 5.32 Å². The Morgan fingerprint density at radius 3 is 2.46 bits per heavy atom. The Morgan fingerprint density at radius 2 is 1.88 bits per heavy atom. The number of amides is 1. The molecule has 1 amide bonds. The Bertz CT molecular complexity index is 726. The van der Waals surface area contributed by atoms with E-state index in [2.05, 4.69) is 5.32 Å². The van der Waals surface area contributed by atoms with Gasteiger partial charge in [0.15, 0.2) is 0 Å². The Hall–Kier alpha value is -2.27. The molecule has 0 heterocycles. The molecule has 0 aromatic heterocycles. The van der Waals surface area contributed by atoms with Gasteiger partial charge in [0, 0.05) is 13.7 Å². The van der Waals surface area contributed by atoms with E-state index < -0.39 is 11.5 Å². The maximum atomic E-state index is 13.3. The zero-order chi connectivity index (χ0) is 17.2. The molecule has 1 aliphatic carbocycles. The normalized spacial score (nSPS) is 16.5. The lowest BCUT2D eigenvalue weighted by molar-refractivity contribution is -0.124. The molecule has 3 nitrogen and oxygen atoms in total. The Balaban J connectivity index is 1.67. The topological polar surface area (TPSA) is 38.3 Å². The minimum Gasteiger partial charge on any atom is -0.375 e. The summed E-state index contributed by atoms with van der Waals surface area (Å²) in [5.41, 5.74) is 0.916. The Labute approximate surface area is 139 Å². The second-order valence-electron chi connectivity index (χ2n) is 6.08. The molecule has 1 atom stereocenters. The molecule has 1 aliphatic rings. The van der Waals surface area contributed by atoms with Gasteiger partial charge >= 0.3 is 0 Å². The summed E-state index contributed by atoms with van der Waals surface area (Å²) in [6.07, 6.45) is 1.05. The van der Waals surface area contributed by atoms with Crippen molar-refractivity contribution in [3.63, 3.8) is 0 Å². The fraction of sp³-hybridized carbons (Fsp3) is 0.316. The van der Waals surface area contributed by atoms with Gasteiger partial charge in [-0.2, -0.15) is 0 Å².